The van der Waals surface area contributed by atoms with Gasteiger partial charge in [-0.15, -0.1) is 0 Å². The number of aromatic nitrogens is 2. The number of aryl methyl sites for hydroxylation is 1. The van der Waals surface area contributed by atoms with E-state index in [-0.39, 0.29) is 17.1 Å². The van der Waals surface area contributed by atoms with Gasteiger partial charge in [0.25, 0.3) is 5.91 Å². The third-order valence-corrected chi connectivity index (χ3v) is 4.43. The number of carbonyl (C=O) groups excluding carboxylic acids is 1. The molecule has 0 spiro atoms. The quantitative estimate of drug-likeness (QED) is 0.939. The van der Waals surface area contributed by atoms with Crippen LogP contribution in [0.25, 0.3) is 0 Å². The van der Waals surface area contributed by atoms with E-state index in [1.807, 2.05) is 7.05 Å². The topological polar surface area (TPSA) is 56.2 Å². The predicted octanol–water partition coefficient (Wildman–Crippen LogP) is 2.04. The van der Waals surface area contributed by atoms with Gasteiger partial charge in [0.15, 0.2) is 0 Å². The first-order valence-electron chi connectivity index (χ1n) is 7.69. The van der Waals surface area contributed by atoms with E-state index in [9.17, 15) is 9.18 Å². The number of hydrogen-bond acceptors (Lipinski definition) is 3. The second kappa shape index (κ2) is 6.50. The van der Waals surface area contributed by atoms with Gasteiger partial charge in [-0.1, -0.05) is 12.1 Å². The standard InChI is InChI=1S/C17H20FN3O2/c1-21-10-15(20-12-21)16(22)19-11-17(6-8-23-9-7-17)13-2-4-14(18)5-3-13/h2-5,10,12H,6-9,11H2,1H3,(H,19,22). The summed E-state index contributed by atoms with van der Waals surface area (Å²) in [5.41, 5.74) is 1.20. The van der Waals surface area contributed by atoms with Crippen molar-refractivity contribution in [1.82, 2.24) is 14.9 Å². The van der Waals surface area contributed by atoms with Crippen LogP contribution >= 0.6 is 0 Å². The van der Waals surface area contributed by atoms with Gasteiger partial charge in [-0.2, -0.15) is 0 Å². The average molecular weight is 317 g/mol. The third kappa shape index (κ3) is 3.42. The van der Waals surface area contributed by atoms with Crippen molar-refractivity contribution in [1.29, 1.82) is 0 Å². The number of carbonyl (C=O) groups is 1. The fraction of sp³-hybridized carbons (Fsp3) is 0.412. The van der Waals surface area contributed by atoms with E-state index >= 15 is 0 Å². The largest absolute Gasteiger partial charge is 0.381 e. The summed E-state index contributed by atoms with van der Waals surface area (Å²) in [4.78, 5) is 16.3. The fourth-order valence-electron chi connectivity index (χ4n) is 3.00. The highest BCUT2D eigenvalue weighted by molar-refractivity contribution is 5.92. The third-order valence-electron chi connectivity index (χ3n) is 4.43. The van der Waals surface area contributed by atoms with E-state index in [1.165, 1.54) is 12.1 Å². The number of hydrogen-bond donors (Lipinski definition) is 1. The predicted molar refractivity (Wildman–Crippen MR) is 83.7 cm³/mol. The van der Waals surface area contributed by atoms with E-state index in [2.05, 4.69) is 10.3 Å². The van der Waals surface area contributed by atoms with Crippen molar-refractivity contribution in [3.8, 4) is 0 Å². The van der Waals surface area contributed by atoms with Crippen molar-refractivity contribution in [2.24, 2.45) is 7.05 Å². The molecule has 0 unspecified atom stereocenters. The number of nitrogens with zero attached hydrogens (tertiary/aromatic N) is 2. The van der Waals surface area contributed by atoms with Gasteiger partial charge in [0, 0.05) is 38.4 Å². The molecule has 1 aliphatic heterocycles. The van der Waals surface area contributed by atoms with Gasteiger partial charge in [0.1, 0.15) is 11.5 Å². The lowest BCUT2D eigenvalue weighted by Gasteiger charge is -2.37. The molecule has 0 radical (unpaired) electrons. The average Bonchev–Trinajstić information content (AvgIpc) is 3.01. The molecule has 0 atom stereocenters. The molecular formula is C17H20FN3O2. The Bertz CT molecular complexity index is 675. The van der Waals surface area contributed by atoms with Crippen LogP contribution in [0.2, 0.25) is 0 Å². The molecule has 1 aliphatic rings. The number of imidazole rings is 1. The number of ether oxygens (including phenoxy) is 1. The van der Waals surface area contributed by atoms with Crippen LogP contribution < -0.4 is 5.32 Å². The summed E-state index contributed by atoms with van der Waals surface area (Å²) in [6.45, 7) is 1.76. The van der Waals surface area contributed by atoms with Gasteiger partial charge in [0.05, 0.1) is 6.33 Å². The summed E-state index contributed by atoms with van der Waals surface area (Å²) < 4.78 is 20.4. The minimum absolute atomic E-state index is 0.196. The minimum Gasteiger partial charge on any atom is -0.381 e. The zero-order chi connectivity index (χ0) is 16.3. The highest BCUT2D eigenvalue weighted by Crippen LogP contribution is 2.34. The number of halogens is 1. The zero-order valence-electron chi connectivity index (χ0n) is 13.1. The van der Waals surface area contributed by atoms with E-state index in [1.54, 1.807) is 29.2 Å². The fourth-order valence-corrected chi connectivity index (χ4v) is 3.00. The number of amides is 1. The molecule has 23 heavy (non-hydrogen) atoms. The molecule has 1 amide bonds. The van der Waals surface area contributed by atoms with Crippen molar-refractivity contribution in [3.63, 3.8) is 0 Å². The van der Waals surface area contributed by atoms with Crippen molar-refractivity contribution in [3.05, 3.63) is 53.9 Å². The van der Waals surface area contributed by atoms with Crippen LogP contribution in [0.4, 0.5) is 4.39 Å². The summed E-state index contributed by atoms with van der Waals surface area (Å²) in [6.07, 6.45) is 4.87. The molecule has 2 heterocycles. The monoisotopic (exact) mass is 317 g/mol. The highest BCUT2D eigenvalue weighted by atomic mass is 19.1. The molecule has 5 nitrogen and oxygen atoms in total. The van der Waals surface area contributed by atoms with Crippen LogP contribution in [0, 0.1) is 5.82 Å². The molecule has 2 aromatic rings. The van der Waals surface area contributed by atoms with Crippen molar-refractivity contribution in [2.45, 2.75) is 18.3 Å². The van der Waals surface area contributed by atoms with Gasteiger partial charge < -0.3 is 14.6 Å². The number of nitrogens with one attached hydrogen (secondary N) is 1. The van der Waals surface area contributed by atoms with E-state index in [0.717, 1.165) is 18.4 Å². The van der Waals surface area contributed by atoms with Crippen LogP contribution in [0.1, 0.15) is 28.9 Å². The van der Waals surface area contributed by atoms with Crippen molar-refractivity contribution < 1.29 is 13.9 Å². The molecule has 3 rings (SSSR count). The Morgan fingerprint density at radius 2 is 2.04 bits per heavy atom. The van der Waals surface area contributed by atoms with Crippen molar-refractivity contribution >= 4 is 5.91 Å². The lowest BCUT2D eigenvalue weighted by molar-refractivity contribution is 0.0486. The van der Waals surface area contributed by atoms with Gasteiger partial charge in [-0.05, 0) is 30.5 Å². The Kier molecular flexibility index (Phi) is 4.43. The Balaban J connectivity index is 1.76. The zero-order valence-corrected chi connectivity index (χ0v) is 13.1. The van der Waals surface area contributed by atoms with Gasteiger partial charge in [0.2, 0.25) is 0 Å². The normalized spacial score (nSPS) is 17.0. The van der Waals surface area contributed by atoms with E-state index < -0.39 is 0 Å². The van der Waals surface area contributed by atoms with Gasteiger partial charge in [-0.3, -0.25) is 4.79 Å². The molecule has 0 bridgehead atoms. The molecule has 0 aliphatic carbocycles. The SMILES string of the molecule is Cn1cnc(C(=O)NCC2(c3ccc(F)cc3)CCOCC2)c1. The Labute approximate surface area is 134 Å². The molecule has 1 saturated heterocycles. The minimum atomic E-state index is -0.256. The van der Waals surface area contributed by atoms with Crippen LogP contribution in [0.5, 0.6) is 0 Å². The van der Waals surface area contributed by atoms with Crippen LogP contribution in [-0.4, -0.2) is 35.2 Å². The van der Waals surface area contributed by atoms with E-state index in [4.69, 9.17) is 4.74 Å². The van der Waals surface area contributed by atoms with Crippen LogP contribution in [0.15, 0.2) is 36.8 Å². The Morgan fingerprint density at radius 3 is 2.65 bits per heavy atom. The molecule has 122 valence electrons. The number of rotatable bonds is 4. The van der Waals surface area contributed by atoms with E-state index in [0.29, 0.717) is 25.5 Å². The Hall–Kier alpha value is -2.21. The lowest BCUT2D eigenvalue weighted by Crippen LogP contribution is -2.44. The lowest BCUT2D eigenvalue weighted by atomic mass is 9.74. The van der Waals surface area contributed by atoms with Gasteiger partial charge in [-0.25, -0.2) is 9.37 Å². The molecular weight excluding hydrogens is 297 g/mol. The van der Waals surface area contributed by atoms with Crippen LogP contribution in [-0.2, 0) is 17.2 Å². The van der Waals surface area contributed by atoms with Gasteiger partial charge >= 0.3 is 0 Å². The molecule has 1 aromatic carbocycles. The smallest absolute Gasteiger partial charge is 0.271 e. The Morgan fingerprint density at radius 1 is 1.35 bits per heavy atom. The molecule has 1 aromatic heterocycles. The maximum Gasteiger partial charge on any atom is 0.271 e. The maximum atomic E-state index is 13.2. The summed E-state index contributed by atoms with van der Waals surface area (Å²) >= 11 is 0. The van der Waals surface area contributed by atoms with Crippen molar-refractivity contribution in [2.75, 3.05) is 19.8 Å². The molecule has 0 saturated carbocycles. The summed E-state index contributed by atoms with van der Waals surface area (Å²) in [6, 6.07) is 6.53. The second-order valence-corrected chi connectivity index (χ2v) is 6.01. The first kappa shape index (κ1) is 15.7. The summed E-state index contributed by atoms with van der Waals surface area (Å²) in [7, 11) is 1.82. The second-order valence-electron chi connectivity index (χ2n) is 6.01. The highest BCUT2D eigenvalue weighted by Gasteiger charge is 2.35. The number of benzene rings is 1. The first-order chi connectivity index (χ1) is 11.1. The summed E-state index contributed by atoms with van der Waals surface area (Å²) in [5, 5.41) is 2.97. The maximum absolute atomic E-state index is 13.2. The van der Waals surface area contributed by atoms with Crippen LogP contribution in [0.3, 0.4) is 0 Å². The molecule has 1 N–H and O–H groups in total. The first-order valence-corrected chi connectivity index (χ1v) is 7.69. The molecule has 1 fully saturated rings. The summed E-state index contributed by atoms with van der Waals surface area (Å²) in [5.74, 6) is -0.452. The molecule has 6 heteroatoms.